The van der Waals surface area contributed by atoms with Crippen molar-refractivity contribution in [2.75, 3.05) is 11.1 Å². The lowest BCUT2D eigenvalue weighted by atomic mass is 10.1. The van der Waals surface area contributed by atoms with Crippen molar-refractivity contribution in [3.8, 4) is 11.3 Å². The zero-order valence-corrected chi connectivity index (χ0v) is 18.2. The van der Waals surface area contributed by atoms with Crippen molar-refractivity contribution in [3.63, 3.8) is 0 Å². The molecule has 0 aliphatic heterocycles. The fraction of sp³-hybridized carbons (Fsp3) is 0.125. The molecule has 5 aromatic rings. The Kier molecular flexibility index (Phi) is 5.06. The van der Waals surface area contributed by atoms with Gasteiger partial charge in [0.2, 0.25) is 0 Å². The first-order chi connectivity index (χ1) is 16.0. The van der Waals surface area contributed by atoms with Crippen LogP contribution in [-0.2, 0) is 6.54 Å². The molecule has 9 heteroatoms. The molecule has 0 spiro atoms. The molecule has 164 valence electrons. The van der Waals surface area contributed by atoms with Crippen molar-refractivity contribution in [2.45, 2.75) is 20.4 Å². The Morgan fingerprint density at radius 1 is 1.09 bits per heavy atom. The number of amides is 1. The van der Waals surface area contributed by atoms with E-state index in [1.807, 2.05) is 49.5 Å². The summed E-state index contributed by atoms with van der Waals surface area (Å²) in [5.74, 6) is 0.599. The maximum absolute atomic E-state index is 13.1. The molecule has 5 rings (SSSR count). The van der Waals surface area contributed by atoms with Crippen LogP contribution in [0.5, 0.6) is 0 Å². The third kappa shape index (κ3) is 3.91. The van der Waals surface area contributed by atoms with E-state index in [0.717, 1.165) is 27.9 Å². The summed E-state index contributed by atoms with van der Waals surface area (Å²) in [6.07, 6.45) is 4.97. The van der Waals surface area contributed by atoms with E-state index in [-0.39, 0.29) is 5.91 Å². The minimum Gasteiger partial charge on any atom is -0.382 e. The molecule has 1 aromatic carbocycles. The lowest BCUT2D eigenvalue weighted by Crippen LogP contribution is -2.15. The van der Waals surface area contributed by atoms with Gasteiger partial charge in [0.1, 0.15) is 11.8 Å². The fourth-order valence-corrected chi connectivity index (χ4v) is 3.83. The van der Waals surface area contributed by atoms with Crippen LogP contribution in [0.15, 0.2) is 67.3 Å². The number of rotatable bonds is 5. The van der Waals surface area contributed by atoms with Gasteiger partial charge in [-0.2, -0.15) is 10.2 Å². The van der Waals surface area contributed by atoms with Gasteiger partial charge in [-0.3, -0.25) is 14.5 Å². The van der Waals surface area contributed by atoms with Crippen molar-refractivity contribution in [2.24, 2.45) is 0 Å². The standard InChI is InChI=1S/C24H22N8O/c1-15-10-20(32-22(15)23(25)27-14-28-32)18-11-19(16(2)26-12-18)24(33)29-21-8-9-31(30-21)13-17-6-4-3-5-7-17/h3-12,14H,13H2,1-2H3,(H2,25,27,28)(H,29,30,33). The number of pyridine rings is 1. The minimum atomic E-state index is -0.279. The van der Waals surface area contributed by atoms with Crippen LogP contribution in [0.1, 0.15) is 27.2 Å². The molecular formula is C24H22N8O. The average molecular weight is 438 g/mol. The highest BCUT2D eigenvalue weighted by molar-refractivity contribution is 6.05. The van der Waals surface area contributed by atoms with E-state index in [9.17, 15) is 4.79 Å². The average Bonchev–Trinajstić information content (AvgIpc) is 3.39. The number of nitrogens with one attached hydrogen (secondary N) is 1. The molecule has 33 heavy (non-hydrogen) atoms. The smallest absolute Gasteiger partial charge is 0.258 e. The summed E-state index contributed by atoms with van der Waals surface area (Å²) in [5, 5.41) is 11.7. The zero-order valence-electron chi connectivity index (χ0n) is 18.2. The summed E-state index contributed by atoms with van der Waals surface area (Å²) >= 11 is 0. The van der Waals surface area contributed by atoms with Crippen LogP contribution in [0, 0.1) is 13.8 Å². The van der Waals surface area contributed by atoms with Gasteiger partial charge in [-0.1, -0.05) is 30.3 Å². The second-order valence-electron chi connectivity index (χ2n) is 7.81. The SMILES string of the molecule is Cc1ncc(-c2cc(C)c3c(N)ncnn23)cc1C(=O)Nc1ccn(Cc2ccccc2)n1. The zero-order chi connectivity index (χ0) is 22.9. The van der Waals surface area contributed by atoms with E-state index in [1.165, 1.54) is 6.33 Å². The van der Waals surface area contributed by atoms with Gasteiger partial charge in [0.05, 0.1) is 23.5 Å². The van der Waals surface area contributed by atoms with Gasteiger partial charge in [0, 0.05) is 24.0 Å². The largest absolute Gasteiger partial charge is 0.382 e. The molecule has 4 aromatic heterocycles. The van der Waals surface area contributed by atoms with Gasteiger partial charge >= 0.3 is 0 Å². The molecule has 0 radical (unpaired) electrons. The van der Waals surface area contributed by atoms with Gasteiger partial charge in [0.15, 0.2) is 11.6 Å². The number of hydrogen-bond donors (Lipinski definition) is 2. The lowest BCUT2D eigenvalue weighted by Gasteiger charge is -2.08. The Morgan fingerprint density at radius 2 is 1.91 bits per heavy atom. The number of fused-ring (bicyclic) bond motifs is 1. The summed E-state index contributed by atoms with van der Waals surface area (Å²) in [6.45, 7) is 4.37. The predicted octanol–water partition coefficient (Wildman–Crippen LogP) is 3.49. The van der Waals surface area contributed by atoms with Gasteiger partial charge in [-0.15, -0.1) is 0 Å². The van der Waals surface area contributed by atoms with Crippen molar-refractivity contribution in [1.82, 2.24) is 29.4 Å². The molecule has 0 aliphatic carbocycles. The van der Waals surface area contributed by atoms with Crippen molar-refractivity contribution in [1.29, 1.82) is 0 Å². The number of carbonyl (C=O) groups is 1. The first-order valence-electron chi connectivity index (χ1n) is 10.4. The third-order valence-electron chi connectivity index (χ3n) is 5.47. The number of carbonyl (C=O) groups excluding carboxylic acids is 1. The normalized spacial score (nSPS) is 11.1. The molecule has 0 saturated heterocycles. The highest BCUT2D eigenvalue weighted by Crippen LogP contribution is 2.28. The number of nitrogens with zero attached hydrogens (tertiary/aromatic N) is 6. The molecule has 0 saturated carbocycles. The number of benzene rings is 1. The number of anilines is 2. The van der Waals surface area contributed by atoms with Crippen LogP contribution in [0.3, 0.4) is 0 Å². The lowest BCUT2D eigenvalue weighted by molar-refractivity contribution is 0.102. The minimum absolute atomic E-state index is 0.279. The number of aromatic nitrogens is 6. The first-order valence-corrected chi connectivity index (χ1v) is 10.4. The summed E-state index contributed by atoms with van der Waals surface area (Å²) in [5.41, 5.74) is 11.4. The Labute approximate surface area is 189 Å². The second kappa shape index (κ2) is 8.19. The topological polar surface area (TPSA) is 116 Å². The Morgan fingerprint density at radius 3 is 2.73 bits per heavy atom. The quantitative estimate of drug-likeness (QED) is 0.434. The van der Waals surface area contributed by atoms with Crippen LogP contribution in [0.4, 0.5) is 11.6 Å². The number of hydrogen-bond acceptors (Lipinski definition) is 6. The molecule has 0 fully saturated rings. The first kappa shape index (κ1) is 20.4. The molecular weight excluding hydrogens is 416 g/mol. The van der Waals surface area contributed by atoms with Gasteiger partial charge in [-0.25, -0.2) is 9.50 Å². The van der Waals surface area contributed by atoms with Crippen molar-refractivity contribution >= 4 is 23.1 Å². The molecule has 3 N–H and O–H groups in total. The summed E-state index contributed by atoms with van der Waals surface area (Å²) < 4.78 is 3.50. The number of nitrogens with two attached hydrogens (primary N) is 1. The van der Waals surface area contributed by atoms with E-state index < -0.39 is 0 Å². The van der Waals surface area contributed by atoms with Crippen LogP contribution in [0.25, 0.3) is 16.8 Å². The number of aryl methyl sites for hydroxylation is 2. The monoisotopic (exact) mass is 438 g/mol. The Bertz CT molecular complexity index is 1470. The molecule has 4 heterocycles. The highest BCUT2D eigenvalue weighted by Gasteiger charge is 2.17. The van der Waals surface area contributed by atoms with Crippen LogP contribution < -0.4 is 11.1 Å². The van der Waals surface area contributed by atoms with Gasteiger partial charge < -0.3 is 11.1 Å². The van der Waals surface area contributed by atoms with E-state index in [1.54, 1.807) is 34.5 Å². The van der Waals surface area contributed by atoms with Crippen molar-refractivity contribution < 1.29 is 4.79 Å². The van der Waals surface area contributed by atoms with E-state index in [4.69, 9.17) is 5.73 Å². The van der Waals surface area contributed by atoms with E-state index in [2.05, 4.69) is 25.5 Å². The molecule has 9 nitrogen and oxygen atoms in total. The fourth-order valence-electron chi connectivity index (χ4n) is 3.83. The maximum atomic E-state index is 13.1. The van der Waals surface area contributed by atoms with Crippen LogP contribution in [0.2, 0.25) is 0 Å². The van der Waals surface area contributed by atoms with E-state index >= 15 is 0 Å². The van der Waals surface area contributed by atoms with Gasteiger partial charge in [0.25, 0.3) is 5.91 Å². The summed E-state index contributed by atoms with van der Waals surface area (Å²) in [6, 6.07) is 15.6. The highest BCUT2D eigenvalue weighted by atomic mass is 16.1. The summed E-state index contributed by atoms with van der Waals surface area (Å²) in [7, 11) is 0. The molecule has 0 aliphatic rings. The number of nitrogen functional groups attached to an aromatic ring is 1. The maximum Gasteiger partial charge on any atom is 0.258 e. The molecule has 0 bridgehead atoms. The van der Waals surface area contributed by atoms with Gasteiger partial charge in [-0.05, 0) is 37.1 Å². The Hall–Kier alpha value is -4.53. The van der Waals surface area contributed by atoms with Crippen LogP contribution in [-0.4, -0.2) is 35.3 Å². The Balaban J connectivity index is 1.41. The molecule has 1 amide bonds. The predicted molar refractivity (Wildman–Crippen MR) is 126 cm³/mol. The second-order valence-corrected chi connectivity index (χ2v) is 7.81. The molecule has 0 atom stereocenters. The molecule has 0 unspecified atom stereocenters. The van der Waals surface area contributed by atoms with E-state index in [0.29, 0.717) is 29.4 Å². The summed E-state index contributed by atoms with van der Waals surface area (Å²) in [4.78, 5) is 21.6. The third-order valence-corrected chi connectivity index (χ3v) is 5.47. The van der Waals surface area contributed by atoms with Crippen molar-refractivity contribution in [3.05, 3.63) is 89.6 Å². The van der Waals surface area contributed by atoms with Crippen LogP contribution >= 0.6 is 0 Å².